The minimum atomic E-state index is -0.979. The van der Waals surface area contributed by atoms with Crippen LogP contribution in [-0.2, 0) is 10.3 Å². The van der Waals surface area contributed by atoms with E-state index in [1.807, 2.05) is 37.3 Å². The summed E-state index contributed by atoms with van der Waals surface area (Å²) in [6.07, 6.45) is 4.16. The van der Waals surface area contributed by atoms with Crippen LogP contribution in [-0.4, -0.2) is 43.9 Å². The van der Waals surface area contributed by atoms with Crippen molar-refractivity contribution in [3.63, 3.8) is 0 Å². The summed E-state index contributed by atoms with van der Waals surface area (Å²) >= 11 is 0. The van der Waals surface area contributed by atoms with E-state index in [-0.39, 0.29) is 0 Å². The van der Waals surface area contributed by atoms with Crippen LogP contribution in [0.3, 0.4) is 0 Å². The number of aliphatic imine (C=N–C) groups is 1. The summed E-state index contributed by atoms with van der Waals surface area (Å²) in [7, 11) is 0. The minimum absolute atomic E-state index is 0.308. The number of nitrogens with zero attached hydrogens (tertiary/aromatic N) is 1. The lowest BCUT2D eigenvalue weighted by molar-refractivity contribution is 0.0672. The summed E-state index contributed by atoms with van der Waals surface area (Å²) in [6.45, 7) is 7.29. The maximum absolute atomic E-state index is 10.6. The van der Waals surface area contributed by atoms with Gasteiger partial charge in [0.1, 0.15) is 5.60 Å². The van der Waals surface area contributed by atoms with Gasteiger partial charge in [0.25, 0.3) is 0 Å². The van der Waals surface area contributed by atoms with Crippen LogP contribution in [0.1, 0.15) is 32.3 Å². The van der Waals surface area contributed by atoms with Crippen LogP contribution >= 0.6 is 0 Å². The van der Waals surface area contributed by atoms with Crippen LogP contribution in [0.2, 0.25) is 0 Å². The molecule has 24 heavy (non-hydrogen) atoms. The predicted octanol–water partition coefficient (Wildman–Crippen LogP) is 2.19. The third-order valence-electron chi connectivity index (χ3n) is 4.08. The number of hydrogen-bond acceptors (Lipinski definition) is 3. The van der Waals surface area contributed by atoms with Crippen LogP contribution in [0, 0.1) is 0 Å². The normalized spacial score (nSPS) is 17.8. The molecule has 1 heterocycles. The van der Waals surface area contributed by atoms with Gasteiger partial charge in [0.15, 0.2) is 5.96 Å². The Morgan fingerprint density at radius 2 is 2.08 bits per heavy atom. The maximum atomic E-state index is 10.6. The molecular formula is C19H29N3O2. The first kappa shape index (κ1) is 18.5. The Morgan fingerprint density at radius 1 is 1.29 bits per heavy atom. The first-order valence-corrected chi connectivity index (χ1v) is 8.67. The smallest absolute Gasteiger partial charge is 0.191 e. The van der Waals surface area contributed by atoms with Crippen LogP contribution in [0.4, 0.5) is 0 Å². The number of rotatable bonds is 7. The van der Waals surface area contributed by atoms with Crippen molar-refractivity contribution >= 4 is 5.96 Å². The van der Waals surface area contributed by atoms with Gasteiger partial charge in [0, 0.05) is 13.1 Å². The van der Waals surface area contributed by atoms with Gasteiger partial charge in [-0.3, -0.25) is 0 Å². The molecule has 0 fully saturated rings. The van der Waals surface area contributed by atoms with Crippen LogP contribution < -0.4 is 10.6 Å². The summed E-state index contributed by atoms with van der Waals surface area (Å²) < 4.78 is 5.32. The van der Waals surface area contributed by atoms with Gasteiger partial charge in [-0.15, -0.1) is 0 Å². The quantitative estimate of drug-likeness (QED) is 0.407. The predicted molar refractivity (Wildman–Crippen MR) is 98.1 cm³/mol. The Bertz CT molecular complexity index is 553. The third kappa shape index (κ3) is 5.98. The average molecular weight is 331 g/mol. The number of benzene rings is 1. The van der Waals surface area contributed by atoms with Gasteiger partial charge in [0.2, 0.25) is 0 Å². The second kappa shape index (κ2) is 9.45. The lowest BCUT2D eigenvalue weighted by Crippen LogP contribution is -2.39. The van der Waals surface area contributed by atoms with E-state index in [0.717, 1.165) is 50.7 Å². The Kier molecular flexibility index (Phi) is 7.28. The number of aliphatic hydroxyl groups is 1. The van der Waals surface area contributed by atoms with Gasteiger partial charge in [-0.05, 0) is 32.3 Å². The second-order valence-electron chi connectivity index (χ2n) is 6.20. The van der Waals surface area contributed by atoms with Gasteiger partial charge < -0.3 is 20.5 Å². The largest absolute Gasteiger partial charge is 0.384 e. The molecule has 0 amide bonds. The molecule has 2 rings (SSSR count). The number of guanidine groups is 1. The maximum Gasteiger partial charge on any atom is 0.191 e. The average Bonchev–Trinajstić information content (AvgIpc) is 2.61. The molecule has 0 saturated heterocycles. The monoisotopic (exact) mass is 331 g/mol. The summed E-state index contributed by atoms with van der Waals surface area (Å²) in [5, 5.41) is 17.2. The minimum Gasteiger partial charge on any atom is -0.384 e. The Balaban J connectivity index is 1.88. The zero-order valence-corrected chi connectivity index (χ0v) is 14.7. The van der Waals surface area contributed by atoms with E-state index in [0.29, 0.717) is 6.54 Å². The van der Waals surface area contributed by atoms with Crippen LogP contribution in [0.5, 0.6) is 0 Å². The molecule has 0 bridgehead atoms. The lowest BCUT2D eigenvalue weighted by Gasteiger charge is -2.22. The molecule has 1 aromatic rings. The molecule has 132 valence electrons. The fraction of sp³-hybridized carbons (Fsp3) is 0.526. The Labute approximate surface area is 144 Å². The van der Waals surface area contributed by atoms with Gasteiger partial charge in [-0.2, -0.15) is 0 Å². The van der Waals surface area contributed by atoms with Gasteiger partial charge in [0.05, 0.1) is 19.8 Å². The van der Waals surface area contributed by atoms with Gasteiger partial charge >= 0.3 is 0 Å². The highest BCUT2D eigenvalue weighted by Gasteiger charge is 2.22. The number of nitrogens with one attached hydrogen (secondary N) is 2. The molecule has 3 N–H and O–H groups in total. The lowest BCUT2D eigenvalue weighted by atomic mass is 9.96. The Morgan fingerprint density at radius 3 is 2.75 bits per heavy atom. The van der Waals surface area contributed by atoms with E-state index in [2.05, 4.69) is 21.7 Å². The highest BCUT2D eigenvalue weighted by molar-refractivity contribution is 5.79. The van der Waals surface area contributed by atoms with Crippen molar-refractivity contribution in [3.05, 3.63) is 47.5 Å². The molecule has 0 aliphatic carbocycles. The third-order valence-corrected chi connectivity index (χ3v) is 4.08. The van der Waals surface area contributed by atoms with E-state index in [1.165, 1.54) is 5.57 Å². The van der Waals surface area contributed by atoms with Crippen molar-refractivity contribution < 1.29 is 9.84 Å². The molecule has 0 radical (unpaired) electrons. The van der Waals surface area contributed by atoms with Gasteiger partial charge in [-0.25, -0.2) is 4.99 Å². The highest BCUT2D eigenvalue weighted by atomic mass is 16.5. The first-order valence-electron chi connectivity index (χ1n) is 8.67. The van der Waals surface area contributed by atoms with E-state index < -0.39 is 5.60 Å². The molecule has 0 saturated carbocycles. The van der Waals surface area contributed by atoms with Gasteiger partial charge in [-0.1, -0.05) is 42.0 Å². The molecular weight excluding hydrogens is 302 g/mol. The molecule has 0 spiro atoms. The van der Waals surface area contributed by atoms with Crippen molar-refractivity contribution in [1.82, 2.24) is 10.6 Å². The molecule has 5 heteroatoms. The van der Waals surface area contributed by atoms with Crippen molar-refractivity contribution in [2.45, 2.75) is 32.3 Å². The summed E-state index contributed by atoms with van der Waals surface area (Å²) in [6, 6.07) is 9.65. The Hall–Kier alpha value is -1.85. The summed E-state index contributed by atoms with van der Waals surface area (Å²) in [4.78, 5) is 4.54. The SMILES string of the molecule is CCNC(=NCC(C)(O)c1ccccc1)NCCC1=CCOCC1. The van der Waals surface area contributed by atoms with E-state index in [9.17, 15) is 5.11 Å². The summed E-state index contributed by atoms with van der Waals surface area (Å²) in [5.74, 6) is 0.737. The van der Waals surface area contributed by atoms with Crippen molar-refractivity contribution in [2.75, 3.05) is 32.8 Å². The number of ether oxygens (including phenoxy) is 1. The van der Waals surface area contributed by atoms with E-state index in [4.69, 9.17) is 4.74 Å². The second-order valence-corrected chi connectivity index (χ2v) is 6.20. The van der Waals surface area contributed by atoms with Crippen molar-refractivity contribution in [2.24, 2.45) is 4.99 Å². The molecule has 5 nitrogen and oxygen atoms in total. The molecule has 1 aliphatic heterocycles. The zero-order chi connectivity index (χ0) is 17.3. The molecule has 1 aliphatic rings. The molecule has 1 aromatic carbocycles. The highest BCUT2D eigenvalue weighted by Crippen LogP contribution is 2.20. The van der Waals surface area contributed by atoms with E-state index >= 15 is 0 Å². The summed E-state index contributed by atoms with van der Waals surface area (Å²) in [5.41, 5.74) is 1.32. The van der Waals surface area contributed by atoms with Crippen LogP contribution in [0.25, 0.3) is 0 Å². The van der Waals surface area contributed by atoms with Crippen molar-refractivity contribution in [1.29, 1.82) is 0 Å². The molecule has 1 atom stereocenters. The standard InChI is InChI=1S/C19H29N3O2/c1-3-20-18(21-12-9-16-10-13-24-14-11-16)22-15-19(2,23)17-7-5-4-6-8-17/h4-8,10,23H,3,9,11-15H2,1-2H3,(H2,20,21,22). The zero-order valence-electron chi connectivity index (χ0n) is 14.7. The first-order chi connectivity index (χ1) is 11.6. The molecule has 0 aromatic heterocycles. The molecule has 1 unspecified atom stereocenters. The van der Waals surface area contributed by atoms with Crippen LogP contribution in [0.15, 0.2) is 47.0 Å². The fourth-order valence-corrected chi connectivity index (χ4v) is 2.60. The number of hydrogen-bond donors (Lipinski definition) is 3. The van der Waals surface area contributed by atoms with E-state index in [1.54, 1.807) is 6.92 Å². The topological polar surface area (TPSA) is 65.9 Å². The fourth-order valence-electron chi connectivity index (χ4n) is 2.60. The van der Waals surface area contributed by atoms with Crippen molar-refractivity contribution in [3.8, 4) is 0 Å².